The number of benzene rings is 1. The van der Waals surface area contributed by atoms with Crippen molar-refractivity contribution in [2.75, 3.05) is 26.2 Å². The zero-order valence-electron chi connectivity index (χ0n) is 13.5. The van der Waals surface area contributed by atoms with Gasteiger partial charge in [0, 0.05) is 18.0 Å². The predicted octanol–water partition coefficient (Wildman–Crippen LogP) is 3.63. The highest BCUT2D eigenvalue weighted by Gasteiger charge is 2.31. The van der Waals surface area contributed by atoms with Gasteiger partial charge in [-0.25, -0.2) is 4.39 Å². The fourth-order valence-electron chi connectivity index (χ4n) is 3.80. The van der Waals surface area contributed by atoms with Crippen molar-refractivity contribution in [3.8, 4) is 10.4 Å². The molecule has 126 valence electrons. The minimum atomic E-state index is -0.240. The van der Waals surface area contributed by atoms with E-state index in [1.54, 1.807) is 12.1 Å². The lowest BCUT2D eigenvalue weighted by atomic mass is 9.92. The molecule has 3 nitrogen and oxygen atoms in total. The predicted molar refractivity (Wildman–Crippen MR) is 94.7 cm³/mol. The Morgan fingerprint density at radius 2 is 1.71 bits per heavy atom. The van der Waals surface area contributed by atoms with E-state index in [-0.39, 0.29) is 11.7 Å². The maximum absolute atomic E-state index is 13.1. The number of thiophene rings is 1. The molecule has 2 aliphatic rings. The summed E-state index contributed by atoms with van der Waals surface area (Å²) in [7, 11) is 0. The summed E-state index contributed by atoms with van der Waals surface area (Å²) in [5.41, 5.74) is 0.955. The number of likely N-dealkylation sites (tertiary alicyclic amines) is 1. The molecule has 5 heteroatoms. The topological polar surface area (TPSA) is 32.3 Å². The van der Waals surface area contributed by atoms with E-state index in [9.17, 15) is 9.18 Å². The van der Waals surface area contributed by atoms with E-state index in [1.807, 2.05) is 17.0 Å². The van der Waals surface area contributed by atoms with Crippen LogP contribution in [-0.2, 0) is 0 Å². The van der Waals surface area contributed by atoms with Crippen LogP contribution in [0.5, 0.6) is 0 Å². The molecule has 1 amide bonds. The summed E-state index contributed by atoms with van der Waals surface area (Å²) < 4.78 is 13.1. The number of carbonyl (C=O) groups excluding carboxylic acids is 1. The van der Waals surface area contributed by atoms with Crippen LogP contribution >= 0.6 is 11.3 Å². The maximum Gasteiger partial charge on any atom is 0.263 e. The molecule has 24 heavy (non-hydrogen) atoms. The summed E-state index contributed by atoms with van der Waals surface area (Å²) in [6, 6.07) is 10.3. The van der Waals surface area contributed by atoms with Crippen molar-refractivity contribution in [1.29, 1.82) is 0 Å². The van der Waals surface area contributed by atoms with Gasteiger partial charge in [0.1, 0.15) is 5.82 Å². The Morgan fingerprint density at radius 3 is 2.38 bits per heavy atom. The normalized spacial score (nSPS) is 23.8. The van der Waals surface area contributed by atoms with E-state index < -0.39 is 0 Å². The Kier molecular flexibility index (Phi) is 4.37. The number of nitrogens with one attached hydrogen (secondary N) is 1. The minimum Gasteiger partial charge on any atom is -0.338 e. The number of halogens is 1. The average molecular weight is 344 g/mol. The van der Waals surface area contributed by atoms with Gasteiger partial charge < -0.3 is 10.2 Å². The van der Waals surface area contributed by atoms with E-state index in [2.05, 4.69) is 5.32 Å². The van der Waals surface area contributed by atoms with Crippen molar-refractivity contribution in [1.82, 2.24) is 10.2 Å². The molecule has 0 spiro atoms. The van der Waals surface area contributed by atoms with Crippen molar-refractivity contribution < 1.29 is 9.18 Å². The van der Waals surface area contributed by atoms with Crippen LogP contribution in [0.4, 0.5) is 4.39 Å². The Labute approximate surface area is 145 Å². The molecule has 0 unspecified atom stereocenters. The summed E-state index contributed by atoms with van der Waals surface area (Å²) in [6.45, 7) is 3.90. The summed E-state index contributed by atoms with van der Waals surface area (Å²) in [6.07, 6.45) is 2.19. The molecule has 1 N–H and O–H groups in total. The summed E-state index contributed by atoms with van der Waals surface area (Å²) >= 11 is 1.50. The number of fused-ring (bicyclic) bond motifs is 1. The highest BCUT2D eigenvalue weighted by Crippen LogP contribution is 2.31. The number of hydrogen-bond acceptors (Lipinski definition) is 3. The van der Waals surface area contributed by atoms with Crippen LogP contribution in [0.15, 0.2) is 36.4 Å². The lowest BCUT2D eigenvalue weighted by molar-refractivity contribution is 0.0763. The number of hydrogen-bond donors (Lipinski definition) is 1. The van der Waals surface area contributed by atoms with Gasteiger partial charge in [0.05, 0.1) is 4.88 Å². The number of carbonyl (C=O) groups is 1. The first kappa shape index (κ1) is 15.8. The molecule has 0 aliphatic carbocycles. The fraction of sp³-hybridized carbons (Fsp3) is 0.421. The highest BCUT2D eigenvalue weighted by molar-refractivity contribution is 7.17. The molecular formula is C19H21FN2OS. The van der Waals surface area contributed by atoms with Crippen molar-refractivity contribution in [3.05, 3.63) is 47.1 Å². The van der Waals surface area contributed by atoms with Crippen molar-refractivity contribution in [2.24, 2.45) is 11.8 Å². The van der Waals surface area contributed by atoms with E-state index in [4.69, 9.17) is 0 Å². The number of rotatable bonds is 2. The van der Waals surface area contributed by atoms with Crippen LogP contribution in [0.2, 0.25) is 0 Å². The SMILES string of the molecule is O=C(c1ccc(-c2ccc(F)cc2)s1)N1CC[C@@H]2CNC[C@@H]2CC1. The fourth-order valence-corrected chi connectivity index (χ4v) is 4.78. The molecule has 2 aromatic rings. The lowest BCUT2D eigenvalue weighted by Gasteiger charge is -2.20. The van der Waals surface area contributed by atoms with Gasteiger partial charge in [-0.1, -0.05) is 12.1 Å². The van der Waals surface area contributed by atoms with Crippen LogP contribution in [0.3, 0.4) is 0 Å². The number of amides is 1. The van der Waals surface area contributed by atoms with Crippen molar-refractivity contribution >= 4 is 17.2 Å². The standard InChI is InChI=1S/C19H21FN2OS/c20-16-3-1-13(2-4-16)17-5-6-18(24-17)19(23)22-9-7-14-11-21-12-15(14)8-10-22/h1-6,14-15,21H,7-12H2/t14-,15+. The summed E-state index contributed by atoms with van der Waals surface area (Å²) in [4.78, 5) is 16.6. The second-order valence-electron chi connectivity index (χ2n) is 6.72. The van der Waals surface area contributed by atoms with E-state index in [1.165, 1.54) is 23.5 Å². The van der Waals surface area contributed by atoms with Gasteiger partial charge in [-0.2, -0.15) is 0 Å². The molecule has 3 heterocycles. The van der Waals surface area contributed by atoms with E-state index in [0.717, 1.165) is 66.2 Å². The quantitative estimate of drug-likeness (QED) is 0.902. The monoisotopic (exact) mass is 344 g/mol. The van der Waals surface area contributed by atoms with Crippen LogP contribution in [0, 0.1) is 17.7 Å². The van der Waals surface area contributed by atoms with Crippen LogP contribution in [0.25, 0.3) is 10.4 Å². The van der Waals surface area contributed by atoms with Gasteiger partial charge in [0.25, 0.3) is 5.91 Å². The Morgan fingerprint density at radius 1 is 1.04 bits per heavy atom. The minimum absolute atomic E-state index is 0.140. The Balaban J connectivity index is 1.47. The molecule has 0 radical (unpaired) electrons. The van der Waals surface area contributed by atoms with Gasteiger partial charge in [-0.05, 0) is 67.6 Å². The maximum atomic E-state index is 13.1. The zero-order valence-corrected chi connectivity index (χ0v) is 14.3. The number of nitrogens with zero attached hydrogens (tertiary/aromatic N) is 1. The van der Waals surface area contributed by atoms with E-state index >= 15 is 0 Å². The van der Waals surface area contributed by atoms with Crippen LogP contribution < -0.4 is 5.32 Å². The molecule has 2 saturated heterocycles. The van der Waals surface area contributed by atoms with Crippen LogP contribution in [-0.4, -0.2) is 37.0 Å². The van der Waals surface area contributed by atoms with Crippen LogP contribution in [0.1, 0.15) is 22.5 Å². The Hall–Kier alpha value is -1.72. The third-order valence-corrected chi connectivity index (χ3v) is 6.37. The summed E-state index contributed by atoms with van der Waals surface area (Å²) in [5.74, 6) is 1.35. The first-order chi connectivity index (χ1) is 11.7. The van der Waals surface area contributed by atoms with Gasteiger partial charge in [-0.15, -0.1) is 11.3 Å². The van der Waals surface area contributed by atoms with Gasteiger partial charge in [-0.3, -0.25) is 4.79 Å². The van der Waals surface area contributed by atoms with Crippen molar-refractivity contribution in [3.63, 3.8) is 0 Å². The largest absolute Gasteiger partial charge is 0.338 e. The zero-order chi connectivity index (χ0) is 16.5. The molecule has 0 bridgehead atoms. The molecule has 1 aromatic carbocycles. The third-order valence-electron chi connectivity index (χ3n) is 5.25. The van der Waals surface area contributed by atoms with Gasteiger partial charge in [0.15, 0.2) is 0 Å². The molecule has 1 aromatic heterocycles. The Bertz CT molecular complexity index is 713. The first-order valence-corrected chi connectivity index (χ1v) is 9.38. The van der Waals surface area contributed by atoms with Gasteiger partial charge >= 0.3 is 0 Å². The second kappa shape index (κ2) is 6.65. The van der Waals surface area contributed by atoms with Crippen molar-refractivity contribution in [2.45, 2.75) is 12.8 Å². The smallest absolute Gasteiger partial charge is 0.263 e. The lowest BCUT2D eigenvalue weighted by Crippen LogP contribution is -2.32. The molecule has 4 rings (SSSR count). The second-order valence-corrected chi connectivity index (χ2v) is 7.80. The highest BCUT2D eigenvalue weighted by atomic mass is 32.1. The van der Waals surface area contributed by atoms with Gasteiger partial charge in [0.2, 0.25) is 0 Å². The molecule has 2 atom stereocenters. The molecule has 0 saturated carbocycles. The first-order valence-electron chi connectivity index (χ1n) is 8.56. The molecule has 2 fully saturated rings. The third kappa shape index (κ3) is 3.10. The summed E-state index contributed by atoms with van der Waals surface area (Å²) in [5, 5.41) is 3.47. The molecular weight excluding hydrogens is 323 g/mol. The molecule has 2 aliphatic heterocycles. The van der Waals surface area contributed by atoms with E-state index in [0.29, 0.717) is 0 Å². The average Bonchev–Trinajstić information content (AvgIpc) is 3.21.